The average molecular weight is 332 g/mol. The molecule has 9 heteroatoms. The van der Waals surface area contributed by atoms with Crippen LogP contribution in [0.3, 0.4) is 0 Å². The summed E-state index contributed by atoms with van der Waals surface area (Å²) in [7, 11) is 5.94. The van der Waals surface area contributed by atoms with E-state index in [2.05, 4.69) is 15.0 Å². The number of imidazole rings is 1. The van der Waals surface area contributed by atoms with Gasteiger partial charge < -0.3 is 22.3 Å². The van der Waals surface area contributed by atoms with Crippen molar-refractivity contribution in [1.29, 1.82) is 0 Å². The highest BCUT2D eigenvalue weighted by molar-refractivity contribution is 5.81. The van der Waals surface area contributed by atoms with Crippen molar-refractivity contribution in [3.8, 4) is 0 Å². The van der Waals surface area contributed by atoms with Gasteiger partial charge >= 0.3 is 0 Å². The van der Waals surface area contributed by atoms with Crippen molar-refractivity contribution < 1.29 is 26.6 Å². The van der Waals surface area contributed by atoms with Gasteiger partial charge in [0.1, 0.15) is 12.5 Å². The quantitative estimate of drug-likeness (QED) is 0.637. The monoisotopic (exact) mass is 331 g/mol. The third-order valence-corrected chi connectivity index (χ3v) is 3.58. The summed E-state index contributed by atoms with van der Waals surface area (Å²) in [4.78, 5) is 12.8. The Morgan fingerprint density at radius 3 is 2.68 bits per heavy atom. The van der Waals surface area contributed by atoms with Gasteiger partial charge in [-0.05, 0) is 0 Å². The molecule has 1 saturated heterocycles. The number of nitrogens with zero attached hydrogens (tertiary/aromatic N) is 5. The molecular formula is C13H19ClFN5O2. The molecule has 0 unspecified atom stereocenters. The van der Waals surface area contributed by atoms with Crippen LogP contribution in [-0.4, -0.2) is 64.7 Å². The zero-order valence-corrected chi connectivity index (χ0v) is 13.4. The second kappa shape index (κ2) is 6.04. The highest BCUT2D eigenvalue weighted by Crippen LogP contribution is 2.34. The van der Waals surface area contributed by atoms with E-state index in [1.54, 1.807) is 4.57 Å². The van der Waals surface area contributed by atoms with Crippen molar-refractivity contribution in [3.05, 3.63) is 12.7 Å². The van der Waals surface area contributed by atoms with Crippen LogP contribution in [0.25, 0.3) is 11.2 Å². The molecule has 2 aromatic rings. The summed E-state index contributed by atoms with van der Waals surface area (Å²) < 4.78 is 21.7. The van der Waals surface area contributed by atoms with Gasteiger partial charge in [0.05, 0.1) is 40.2 Å². The van der Waals surface area contributed by atoms with Crippen molar-refractivity contribution in [2.24, 2.45) is 0 Å². The Balaban J connectivity index is 0.00000176. The number of fused-ring (bicyclic) bond motifs is 1. The van der Waals surface area contributed by atoms with Gasteiger partial charge in [-0.2, -0.15) is 4.98 Å². The lowest BCUT2D eigenvalue weighted by molar-refractivity contribution is -0.0351. The Morgan fingerprint density at radius 1 is 1.36 bits per heavy atom. The highest BCUT2D eigenvalue weighted by Gasteiger charge is 2.37. The number of ether oxygens (including phenoxy) is 1. The van der Waals surface area contributed by atoms with Crippen molar-refractivity contribution in [2.45, 2.75) is 24.9 Å². The molecule has 0 spiro atoms. The van der Waals surface area contributed by atoms with E-state index in [1.165, 1.54) is 12.7 Å². The molecule has 1 aliphatic heterocycles. The van der Waals surface area contributed by atoms with Crippen LogP contribution >= 0.6 is 0 Å². The molecule has 2 aromatic heterocycles. The van der Waals surface area contributed by atoms with Crippen molar-refractivity contribution in [1.82, 2.24) is 24.0 Å². The van der Waals surface area contributed by atoms with E-state index in [-0.39, 0.29) is 25.4 Å². The Kier molecular flexibility index (Phi) is 4.67. The molecule has 0 bridgehead atoms. The second-order valence-corrected chi connectivity index (χ2v) is 6.12. The number of aliphatic hydroxyl groups excluding tert-OH is 1. The highest BCUT2D eigenvalue weighted by atomic mass is 35.5. The van der Waals surface area contributed by atoms with E-state index in [1.807, 2.05) is 21.1 Å². The molecule has 3 atom stereocenters. The average Bonchev–Trinajstić information content (AvgIpc) is 3.00. The van der Waals surface area contributed by atoms with Crippen LogP contribution < -0.4 is 16.9 Å². The van der Waals surface area contributed by atoms with Crippen molar-refractivity contribution in [3.63, 3.8) is 0 Å². The maximum atomic E-state index is 14.1. The number of halogens is 2. The third kappa shape index (κ3) is 2.79. The number of alkyl halides is 1. The number of hydrogen-bond acceptors (Lipinski definition) is 5. The molecule has 3 heterocycles. The summed E-state index contributed by atoms with van der Waals surface area (Å²) in [6.45, 7) is -0.192. The topological polar surface area (TPSA) is 73.1 Å². The van der Waals surface area contributed by atoms with Gasteiger partial charge in [-0.15, -0.1) is 0 Å². The minimum absolute atomic E-state index is 0. The fourth-order valence-corrected chi connectivity index (χ4v) is 2.58. The number of aliphatic hydroxyl groups is 1. The van der Waals surface area contributed by atoms with Crippen LogP contribution in [-0.2, 0) is 4.74 Å². The van der Waals surface area contributed by atoms with Crippen molar-refractivity contribution >= 4 is 17.0 Å². The summed E-state index contributed by atoms with van der Waals surface area (Å²) in [6.07, 6.45) is 0.668. The van der Waals surface area contributed by atoms with Gasteiger partial charge in [-0.1, -0.05) is 0 Å². The van der Waals surface area contributed by atoms with Crippen LogP contribution in [0, 0.1) is 0 Å². The molecule has 122 valence electrons. The first-order chi connectivity index (χ1) is 9.91. The maximum absolute atomic E-state index is 14.1. The van der Waals surface area contributed by atoms with Crippen molar-refractivity contribution in [2.75, 3.05) is 27.7 Å². The Morgan fingerprint density at radius 2 is 2.09 bits per heavy atom. The molecule has 0 aliphatic carbocycles. The number of quaternary nitrogens is 1. The van der Waals surface area contributed by atoms with Gasteiger partial charge in [0.2, 0.25) is 0 Å². The molecule has 0 saturated carbocycles. The summed E-state index contributed by atoms with van der Waals surface area (Å²) in [5.41, 5.74) is 1.17. The van der Waals surface area contributed by atoms with E-state index in [0.717, 1.165) is 5.82 Å². The summed E-state index contributed by atoms with van der Waals surface area (Å²) in [5.74, 6) is 0.755. The zero-order chi connectivity index (χ0) is 15.2. The minimum atomic E-state index is -1.19. The predicted octanol–water partition coefficient (Wildman–Crippen LogP) is -2.36. The Bertz CT molecular complexity index is 659. The SMILES string of the molecule is C[N+](C)(C)c1ncnc2c1ncn2[C@@H]1O[C@H](CO)C[C@@H]1F.[Cl-]. The molecule has 22 heavy (non-hydrogen) atoms. The molecule has 3 rings (SSSR count). The van der Waals surface area contributed by atoms with Gasteiger partial charge in [-0.25, -0.2) is 14.4 Å². The van der Waals surface area contributed by atoms with E-state index >= 15 is 0 Å². The van der Waals surface area contributed by atoms with Gasteiger partial charge in [0.15, 0.2) is 17.4 Å². The van der Waals surface area contributed by atoms with Crippen LogP contribution in [0.2, 0.25) is 0 Å². The van der Waals surface area contributed by atoms with E-state index in [0.29, 0.717) is 15.6 Å². The van der Waals surface area contributed by atoms with Gasteiger partial charge in [0.25, 0.3) is 5.82 Å². The Hall–Kier alpha value is -1.35. The third-order valence-electron chi connectivity index (χ3n) is 3.58. The molecule has 1 N–H and O–H groups in total. The van der Waals surface area contributed by atoms with Gasteiger partial charge in [0, 0.05) is 6.42 Å². The van der Waals surface area contributed by atoms with E-state index in [4.69, 9.17) is 9.84 Å². The molecular weight excluding hydrogens is 313 g/mol. The standard InChI is InChI=1S/C13H19FN5O2.ClH/c1-19(2,3)12-10-11(15-6-16-12)18(7-17-10)13-9(14)4-8(5-20)21-13;/h6-9,13,20H,4-5H2,1-3H3;1H/q+1;/p-1/t8-,9-,13+;/m0./s1. The van der Waals surface area contributed by atoms with Crippen LogP contribution in [0.1, 0.15) is 12.6 Å². The first kappa shape index (κ1) is 17.0. The lowest BCUT2D eigenvalue weighted by atomic mass is 10.2. The number of aromatic nitrogens is 4. The molecule has 0 aromatic carbocycles. The fourth-order valence-electron chi connectivity index (χ4n) is 2.58. The normalized spacial score (nSPS) is 25.4. The second-order valence-electron chi connectivity index (χ2n) is 6.12. The van der Waals surface area contributed by atoms with E-state index in [9.17, 15) is 4.39 Å². The molecule has 7 nitrogen and oxygen atoms in total. The van der Waals surface area contributed by atoms with Crippen LogP contribution in [0.15, 0.2) is 12.7 Å². The maximum Gasteiger partial charge on any atom is 0.258 e. The van der Waals surface area contributed by atoms with Gasteiger partial charge in [-0.3, -0.25) is 9.05 Å². The molecule has 1 aliphatic rings. The summed E-state index contributed by atoms with van der Waals surface area (Å²) in [6, 6.07) is 0. The minimum Gasteiger partial charge on any atom is -1.00 e. The zero-order valence-electron chi connectivity index (χ0n) is 12.6. The summed E-state index contributed by atoms with van der Waals surface area (Å²) in [5, 5.41) is 9.12. The van der Waals surface area contributed by atoms with E-state index < -0.39 is 18.5 Å². The van der Waals surface area contributed by atoms with Crippen LogP contribution in [0.4, 0.5) is 10.2 Å². The fraction of sp³-hybridized carbons (Fsp3) is 0.615. The molecule has 0 radical (unpaired) electrons. The molecule has 0 amide bonds. The summed E-state index contributed by atoms with van der Waals surface area (Å²) >= 11 is 0. The lowest BCUT2D eigenvalue weighted by Gasteiger charge is -2.21. The smallest absolute Gasteiger partial charge is 0.258 e. The largest absolute Gasteiger partial charge is 1.00 e. The van der Waals surface area contributed by atoms with Crippen LogP contribution in [0.5, 0.6) is 0 Å². The first-order valence-electron chi connectivity index (χ1n) is 6.81. The Labute approximate surface area is 133 Å². The predicted molar refractivity (Wildman–Crippen MR) is 75.4 cm³/mol. The first-order valence-corrected chi connectivity index (χ1v) is 6.81. The number of hydrogen-bond donors (Lipinski definition) is 1. The molecule has 1 fully saturated rings. The number of rotatable bonds is 3. The lowest BCUT2D eigenvalue weighted by Crippen LogP contribution is -3.00.